The van der Waals surface area contributed by atoms with Gasteiger partial charge in [-0.25, -0.2) is 0 Å². The number of nitrogens with one attached hydrogen (secondary N) is 1. The van der Waals surface area contributed by atoms with E-state index in [-0.39, 0.29) is 6.04 Å². The highest BCUT2D eigenvalue weighted by Gasteiger charge is 2.19. The summed E-state index contributed by atoms with van der Waals surface area (Å²) in [6.07, 6.45) is 2.39. The van der Waals surface area contributed by atoms with E-state index in [9.17, 15) is 0 Å². The predicted molar refractivity (Wildman–Crippen MR) is 74.9 cm³/mol. The number of aromatic nitrogens is 2. The lowest BCUT2D eigenvalue weighted by Gasteiger charge is -2.15. The summed E-state index contributed by atoms with van der Waals surface area (Å²) in [6, 6.07) is 1.93. The number of rotatable bonds is 5. The smallest absolute Gasteiger partial charge is 0.101 e. The molecule has 0 fully saturated rings. The van der Waals surface area contributed by atoms with Gasteiger partial charge in [0.1, 0.15) is 5.76 Å². The second kappa shape index (κ2) is 5.77. The van der Waals surface area contributed by atoms with Crippen LogP contribution in [0.1, 0.15) is 35.7 Å². The summed E-state index contributed by atoms with van der Waals surface area (Å²) in [5.74, 6) is 6.51. The average molecular weight is 283 g/mol. The van der Waals surface area contributed by atoms with Crippen molar-refractivity contribution >= 4 is 11.6 Å². The zero-order chi connectivity index (χ0) is 14.0. The first kappa shape index (κ1) is 14.1. The molecule has 0 radical (unpaired) electrons. The van der Waals surface area contributed by atoms with Gasteiger partial charge >= 0.3 is 0 Å². The minimum Gasteiger partial charge on any atom is -0.469 e. The molecule has 2 rings (SSSR count). The topological polar surface area (TPSA) is 69.0 Å². The maximum atomic E-state index is 6.31. The van der Waals surface area contributed by atoms with Crippen molar-refractivity contribution in [1.29, 1.82) is 0 Å². The van der Waals surface area contributed by atoms with Crippen LogP contribution in [0.25, 0.3) is 0 Å². The van der Waals surface area contributed by atoms with Crippen LogP contribution in [-0.4, -0.2) is 9.78 Å². The second-order valence-corrected chi connectivity index (χ2v) is 4.95. The number of aryl methyl sites for hydroxylation is 3. The van der Waals surface area contributed by atoms with Gasteiger partial charge in [-0.2, -0.15) is 5.10 Å². The van der Waals surface area contributed by atoms with E-state index in [2.05, 4.69) is 10.5 Å². The van der Waals surface area contributed by atoms with Crippen molar-refractivity contribution in [3.05, 3.63) is 40.1 Å². The molecule has 0 aliphatic heterocycles. The van der Waals surface area contributed by atoms with Crippen molar-refractivity contribution in [1.82, 2.24) is 15.2 Å². The van der Waals surface area contributed by atoms with Crippen molar-refractivity contribution in [3.63, 3.8) is 0 Å². The molecule has 19 heavy (non-hydrogen) atoms. The molecular formula is C13H19ClN4O. The summed E-state index contributed by atoms with van der Waals surface area (Å²) in [5, 5.41) is 5.12. The van der Waals surface area contributed by atoms with Gasteiger partial charge in [-0.3, -0.25) is 16.0 Å². The summed E-state index contributed by atoms with van der Waals surface area (Å²) < 4.78 is 7.24. The lowest BCUT2D eigenvalue weighted by molar-refractivity contribution is 0.498. The summed E-state index contributed by atoms with van der Waals surface area (Å²) in [4.78, 5) is 0. The van der Waals surface area contributed by atoms with Crippen LogP contribution in [-0.2, 0) is 13.0 Å². The highest BCUT2D eigenvalue weighted by molar-refractivity contribution is 6.31. The normalized spacial score (nSPS) is 12.9. The highest BCUT2D eigenvalue weighted by Crippen LogP contribution is 2.26. The number of hydrogen-bond acceptors (Lipinski definition) is 4. The van der Waals surface area contributed by atoms with Crippen LogP contribution in [0.5, 0.6) is 0 Å². The quantitative estimate of drug-likeness (QED) is 0.653. The second-order valence-electron chi connectivity index (χ2n) is 4.58. The lowest BCUT2D eigenvalue weighted by atomic mass is 10.1. The van der Waals surface area contributed by atoms with Crippen LogP contribution in [0.2, 0.25) is 5.02 Å². The molecular weight excluding hydrogens is 264 g/mol. The summed E-state index contributed by atoms with van der Waals surface area (Å²) >= 11 is 6.31. The molecule has 2 heterocycles. The summed E-state index contributed by atoms with van der Waals surface area (Å²) in [7, 11) is 0. The van der Waals surface area contributed by atoms with Crippen LogP contribution in [0.3, 0.4) is 0 Å². The maximum absolute atomic E-state index is 6.31. The molecule has 3 N–H and O–H groups in total. The lowest BCUT2D eigenvalue weighted by Crippen LogP contribution is -2.30. The third-order valence-electron chi connectivity index (χ3n) is 3.20. The minimum atomic E-state index is -0.0450. The van der Waals surface area contributed by atoms with Crippen molar-refractivity contribution in [2.45, 2.75) is 39.8 Å². The van der Waals surface area contributed by atoms with E-state index in [1.807, 2.05) is 31.5 Å². The Morgan fingerprint density at radius 3 is 2.79 bits per heavy atom. The van der Waals surface area contributed by atoms with Crippen molar-refractivity contribution in [2.75, 3.05) is 0 Å². The predicted octanol–water partition coefficient (Wildman–Crippen LogP) is 2.51. The largest absolute Gasteiger partial charge is 0.469 e. The van der Waals surface area contributed by atoms with Gasteiger partial charge in [-0.1, -0.05) is 11.6 Å². The van der Waals surface area contributed by atoms with Crippen LogP contribution in [0.4, 0.5) is 0 Å². The third kappa shape index (κ3) is 2.83. The third-order valence-corrected chi connectivity index (χ3v) is 3.70. The zero-order valence-electron chi connectivity index (χ0n) is 11.4. The standard InChI is InChI=1S/C13H19ClN4O/c1-4-18-12(13(14)9(3)17-18)6-11(16-15)10-5-8(2)19-7-10/h5,7,11,16H,4,6,15H2,1-3H3. The molecule has 5 nitrogen and oxygen atoms in total. The van der Waals surface area contributed by atoms with Gasteiger partial charge in [0.25, 0.3) is 0 Å². The fourth-order valence-corrected chi connectivity index (χ4v) is 2.39. The average Bonchev–Trinajstić information content (AvgIpc) is 2.93. The number of nitrogens with two attached hydrogens (primary N) is 1. The maximum Gasteiger partial charge on any atom is 0.101 e. The van der Waals surface area contributed by atoms with E-state index in [0.29, 0.717) is 11.4 Å². The summed E-state index contributed by atoms with van der Waals surface area (Å²) in [5.41, 5.74) is 5.65. The van der Waals surface area contributed by atoms with Gasteiger partial charge in [0.05, 0.1) is 28.7 Å². The molecule has 0 amide bonds. The number of hydrogen-bond donors (Lipinski definition) is 2. The molecule has 104 valence electrons. The van der Waals surface area contributed by atoms with Gasteiger partial charge in [0.15, 0.2) is 0 Å². The molecule has 0 saturated heterocycles. The van der Waals surface area contributed by atoms with Crippen LogP contribution >= 0.6 is 11.6 Å². The number of nitrogens with zero attached hydrogens (tertiary/aromatic N) is 2. The number of hydrazine groups is 1. The Morgan fingerprint density at radius 2 is 2.26 bits per heavy atom. The molecule has 6 heteroatoms. The van der Waals surface area contributed by atoms with E-state index in [4.69, 9.17) is 21.9 Å². The zero-order valence-corrected chi connectivity index (χ0v) is 12.2. The van der Waals surface area contributed by atoms with E-state index in [0.717, 1.165) is 29.3 Å². The Bertz CT molecular complexity index is 561. The first-order valence-electron chi connectivity index (χ1n) is 6.29. The van der Waals surface area contributed by atoms with Gasteiger partial charge in [0.2, 0.25) is 0 Å². The highest BCUT2D eigenvalue weighted by atomic mass is 35.5. The Labute approximate surface area is 117 Å². The van der Waals surface area contributed by atoms with Gasteiger partial charge < -0.3 is 4.42 Å². The molecule has 0 aromatic carbocycles. The molecule has 1 unspecified atom stereocenters. The molecule has 0 aliphatic carbocycles. The van der Waals surface area contributed by atoms with E-state index in [1.165, 1.54) is 0 Å². The van der Waals surface area contributed by atoms with Gasteiger partial charge in [0, 0.05) is 18.5 Å². The Balaban J connectivity index is 2.28. The molecule has 0 bridgehead atoms. The van der Waals surface area contributed by atoms with Crippen LogP contribution in [0.15, 0.2) is 16.7 Å². The Hall–Kier alpha value is -1.30. The van der Waals surface area contributed by atoms with E-state index in [1.54, 1.807) is 6.26 Å². The minimum absolute atomic E-state index is 0.0450. The van der Waals surface area contributed by atoms with Crippen molar-refractivity contribution < 1.29 is 4.42 Å². The Morgan fingerprint density at radius 1 is 1.53 bits per heavy atom. The van der Waals surface area contributed by atoms with Crippen molar-refractivity contribution in [3.8, 4) is 0 Å². The number of furan rings is 1. The van der Waals surface area contributed by atoms with Crippen LogP contribution < -0.4 is 11.3 Å². The first-order valence-corrected chi connectivity index (χ1v) is 6.67. The fourth-order valence-electron chi connectivity index (χ4n) is 2.18. The van der Waals surface area contributed by atoms with Crippen molar-refractivity contribution in [2.24, 2.45) is 5.84 Å². The first-order chi connectivity index (χ1) is 9.06. The van der Waals surface area contributed by atoms with Gasteiger partial charge in [-0.05, 0) is 26.8 Å². The van der Waals surface area contributed by atoms with E-state index < -0.39 is 0 Å². The molecule has 1 atom stereocenters. The Kier molecular flexibility index (Phi) is 4.29. The summed E-state index contributed by atoms with van der Waals surface area (Å²) in [6.45, 7) is 6.64. The molecule has 0 aliphatic rings. The fraction of sp³-hybridized carbons (Fsp3) is 0.462. The van der Waals surface area contributed by atoms with E-state index >= 15 is 0 Å². The monoisotopic (exact) mass is 282 g/mol. The van der Waals surface area contributed by atoms with Crippen LogP contribution in [0, 0.1) is 13.8 Å². The number of halogens is 1. The SMILES string of the molecule is CCn1nc(C)c(Cl)c1CC(NN)c1coc(C)c1. The molecule has 0 saturated carbocycles. The van der Waals surface area contributed by atoms with Gasteiger partial charge in [-0.15, -0.1) is 0 Å². The molecule has 2 aromatic heterocycles. The molecule has 2 aromatic rings. The molecule has 0 spiro atoms.